The molecular weight excluding hydrogens is 485 g/mol. The summed E-state index contributed by atoms with van der Waals surface area (Å²) in [7, 11) is -3.87. The number of halogens is 1. The summed E-state index contributed by atoms with van der Waals surface area (Å²) in [6, 6.07) is 14.4. The van der Waals surface area contributed by atoms with Crippen LogP contribution in [-0.2, 0) is 10.2 Å². The average Bonchev–Trinajstić information content (AvgIpc) is 2.87. The first-order valence-corrected chi connectivity index (χ1v) is 12.9. The third-order valence-corrected chi connectivity index (χ3v) is 7.08. The van der Waals surface area contributed by atoms with Gasteiger partial charge in [-0.1, -0.05) is 6.07 Å². The minimum atomic E-state index is -3.87. The number of hydrogen-bond acceptors (Lipinski definition) is 6. The van der Waals surface area contributed by atoms with E-state index in [2.05, 4.69) is 14.1 Å². The lowest BCUT2D eigenvalue weighted by Crippen LogP contribution is -2.41. The van der Waals surface area contributed by atoms with E-state index in [9.17, 15) is 17.6 Å². The molecule has 1 atom stereocenters. The van der Waals surface area contributed by atoms with Crippen LogP contribution in [0.5, 0.6) is 5.75 Å². The van der Waals surface area contributed by atoms with Gasteiger partial charge in [-0.25, -0.2) is 4.39 Å². The lowest BCUT2D eigenvalue weighted by atomic mass is 9.98. The van der Waals surface area contributed by atoms with Gasteiger partial charge in [0.1, 0.15) is 11.6 Å². The molecular formula is C25H24FN5O4S. The van der Waals surface area contributed by atoms with Crippen molar-refractivity contribution in [1.82, 2.24) is 9.88 Å². The molecule has 0 aliphatic carbocycles. The van der Waals surface area contributed by atoms with Gasteiger partial charge in [0.15, 0.2) is 5.84 Å². The number of ether oxygens (including phenoxy) is 1. The predicted octanol–water partition coefficient (Wildman–Crippen LogP) is 3.19. The monoisotopic (exact) mass is 509 g/mol. The molecule has 2 aromatic carbocycles. The van der Waals surface area contributed by atoms with E-state index in [-0.39, 0.29) is 23.5 Å². The Morgan fingerprint density at radius 3 is 2.81 bits per heavy atom. The zero-order valence-electron chi connectivity index (χ0n) is 19.2. The Morgan fingerprint density at radius 2 is 2.00 bits per heavy atom. The molecule has 0 radical (unpaired) electrons. The maximum Gasteiger partial charge on any atom is 0.344 e. The number of aromatic nitrogens is 1. The topological polar surface area (TPSA) is 127 Å². The SMILES string of the molecule is NC1=NS(=O)(=O)Nc2cccc(OCC3CCCN(C(=O)c4ccnc(-c5ccc(F)cc5)c4)C3)c21. The van der Waals surface area contributed by atoms with Crippen molar-refractivity contribution < 1.29 is 22.3 Å². The fourth-order valence-corrected chi connectivity index (χ4v) is 5.30. The number of nitrogens with one attached hydrogen (secondary N) is 1. The number of fused-ring (bicyclic) bond motifs is 1. The van der Waals surface area contributed by atoms with E-state index in [1.54, 1.807) is 53.6 Å². The minimum Gasteiger partial charge on any atom is -0.492 e. The standard InChI is InChI=1S/C25H24FN5O4S/c26-19-8-6-17(7-9-19)21-13-18(10-11-28-21)25(32)31-12-2-3-16(14-31)15-35-22-5-1-4-20-23(22)24(27)30-36(33,34)29-20/h1,4-11,13,16,29H,2-3,12,14-15H2,(H2,27,30). The van der Waals surface area contributed by atoms with Gasteiger partial charge in [-0.05, 0) is 61.4 Å². The van der Waals surface area contributed by atoms with Gasteiger partial charge in [-0.2, -0.15) is 8.42 Å². The molecule has 1 fully saturated rings. The number of rotatable bonds is 5. The van der Waals surface area contributed by atoms with E-state index < -0.39 is 10.2 Å². The van der Waals surface area contributed by atoms with Crippen molar-refractivity contribution in [2.24, 2.45) is 16.0 Å². The summed E-state index contributed by atoms with van der Waals surface area (Å²) in [5, 5.41) is 0. The van der Waals surface area contributed by atoms with Gasteiger partial charge in [0.05, 0.1) is 23.6 Å². The lowest BCUT2D eigenvalue weighted by molar-refractivity contribution is 0.0633. The maximum atomic E-state index is 13.3. The summed E-state index contributed by atoms with van der Waals surface area (Å²) in [6.45, 7) is 1.47. The number of anilines is 1. The van der Waals surface area contributed by atoms with Crippen LogP contribution in [0, 0.1) is 11.7 Å². The molecule has 2 aliphatic heterocycles. The Balaban J connectivity index is 1.27. The third kappa shape index (κ3) is 5.01. The summed E-state index contributed by atoms with van der Waals surface area (Å²) in [6.07, 6.45) is 3.29. The number of benzene rings is 2. The maximum absolute atomic E-state index is 13.3. The summed E-state index contributed by atoms with van der Waals surface area (Å²) < 4.78 is 48.7. The van der Waals surface area contributed by atoms with Crippen LogP contribution in [0.1, 0.15) is 28.8 Å². The minimum absolute atomic E-state index is 0.0791. The second-order valence-electron chi connectivity index (χ2n) is 8.74. The molecule has 1 unspecified atom stereocenters. The van der Waals surface area contributed by atoms with Crippen molar-refractivity contribution in [3.8, 4) is 17.0 Å². The number of likely N-dealkylation sites (tertiary alicyclic amines) is 1. The normalized spacial score (nSPS) is 18.5. The first-order valence-electron chi connectivity index (χ1n) is 11.4. The first-order chi connectivity index (χ1) is 17.3. The predicted molar refractivity (Wildman–Crippen MR) is 133 cm³/mol. The molecule has 1 aromatic heterocycles. The van der Waals surface area contributed by atoms with Gasteiger partial charge in [0.2, 0.25) is 0 Å². The Morgan fingerprint density at radius 1 is 1.19 bits per heavy atom. The molecule has 5 rings (SSSR count). The van der Waals surface area contributed by atoms with Crippen LogP contribution in [-0.4, -0.2) is 49.7 Å². The van der Waals surface area contributed by atoms with E-state index >= 15 is 0 Å². The number of amides is 1. The highest BCUT2D eigenvalue weighted by Crippen LogP contribution is 2.31. The van der Waals surface area contributed by atoms with Crippen LogP contribution in [0.25, 0.3) is 11.3 Å². The molecule has 186 valence electrons. The number of piperidine rings is 1. The number of pyridine rings is 1. The van der Waals surface area contributed by atoms with Crippen LogP contribution < -0.4 is 15.2 Å². The van der Waals surface area contributed by atoms with Crippen molar-refractivity contribution in [3.05, 3.63) is 77.7 Å². The molecule has 9 nitrogen and oxygen atoms in total. The highest BCUT2D eigenvalue weighted by Gasteiger charge is 2.27. The van der Waals surface area contributed by atoms with E-state index in [1.807, 2.05) is 0 Å². The summed E-state index contributed by atoms with van der Waals surface area (Å²) in [5.41, 5.74) is 8.45. The number of nitrogens with two attached hydrogens (primary N) is 1. The molecule has 11 heteroatoms. The Labute approximate surface area is 208 Å². The second kappa shape index (κ2) is 9.57. The quantitative estimate of drug-likeness (QED) is 0.544. The van der Waals surface area contributed by atoms with Gasteiger partial charge < -0.3 is 15.4 Å². The van der Waals surface area contributed by atoms with Crippen molar-refractivity contribution >= 4 is 27.6 Å². The Hall–Kier alpha value is -3.99. The van der Waals surface area contributed by atoms with E-state index in [4.69, 9.17) is 10.5 Å². The molecule has 0 saturated carbocycles. The summed E-state index contributed by atoms with van der Waals surface area (Å²) >= 11 is 0. The molecule has 36 heavy (non-hydrogen) atoms. The van der Waals surface area contributed by atoms with E-state index in [1.165, 1.54) is 12.1 Å². The largest absolute Gasteiger partial charge is 0.492 e. The Bertz CT molecular complexity index is 1440. The number of hydrogen-bond donors (Lipinski definition) is 2. The first kappa shape index (κ1) is 23.7. The van der Waals surface area contributed by atoms with E-state index in [0.29, 0.717) is 48.0 Å². The van der Waals surface area contributed by atoms with Crippen LogP contribution in [0.4, 0.5) is 10.1 Å². The van der Waals surface area contributed by atoms with Crippen molar-refractivity contribution in [2.45, 2.75) is 12.8 Å². The smallest absolute Gasteiger partial charge is 0.344 e. The molecule has 3 N–H and O–H groups in total. The molecule has 0 spiro atoms. The van der Waals surface area contributed by atoms with Gasteiger partial charge in [0.25, 0.3) is 5.91 Å². The lowest BCUT2D eigenvalue weighted by Gasteiger charge is -2.33. The zero-order valence-corrected chi connectivity index (χ0v) is 20.0. The zero-order chi connectivity index (χ0) is 25.3. The van der Waals surface area contributed by atoms with Crippen LogP contribution >= 0.6 is 0 Å². The summed E-state index contributed by atoms with van der Waals surface area (Å²) in [5.74, 6) is -0.0595. The van der Waals surface area contributed by atoms with Crippen LogP contribution in [0.15, 0.2) is 65.2 Å². The molecule has 2 aliphatic rings. The highest BCUT2D eigenvalue weighted by molar-refractivity contribution is 7.91. The van der Waals surface area contributed by atoms with Gasteiger partial charge in [-0.15, -0.1) is 4.40 Å². The molecule has 0 bridgehead atoms. The third-order valence-electron chi connectivity index (χ3n) is 6.17. The van der Waals surface area contributed by atoms with Gasteiger partial charge in [-0.3, -0.25) is 14.5 Å². The molecule has 3 heterocycles. The second-order valence-corrected chi connectivity index (χ2v) is 10.1. The van der Waals surface area contributed by atoms with Gasteiger partial charge >= 0.3 is 10.2 Å². The number of nitrogens with zero attached hydrogens (tertiary/aromatic N) is 3. The fourth-order valence-electron chi connectivity index (χ4n) is 4.46. The highest BCUT2D eigenvalue weighted by atomic mass is 32.2. The van der Waals surface area contributed by atoms with Gasteiger partial charge in [0, 0.05) is 36.3 Å². The Kier molecular flexibility index (Phi) is 6.31. The average molecular weight is 510 g/mol. The molecule has 3 aromatic rings. The van der Waals surface area contributed by atoms with Crippen LogP contribution in [0.3, 0.4) is 0 Å². The van der Waals surface area contributed by atoms with Crippen molar-refractivity contribution in [3.63, 3.8) is 0 Å². The van der Waals surface area contributed by atoms with Crippen molar-refractivity contribution in [1.29, 1.82) is 0 Å². The van der Waals surface area contributed by atoms with Crippen LogP contribution in [0.2, 0.25) is 0 Å². The fraction of sp³-hybridized carbons (Fsp3) is 0.240. The number of amidine groups is 1. The molecule has 1 amide bonds. The number of carbonyl (C=O) groups is 1. The van der Waals surface area contributed by atoms with E-state index in [0.717, 1.165) is 18.4 Å². The number of carbonyl (C=O) groups excluding carboxylic acids is 1. The summed E-state index contributed by atoms with van der Waals surface area (Å²) in [4.78, 5) is 19.4. The van der Waals surface area contributed by atoms with Crippen molar-refractivity contribution in [2.75, 3.05) is 24.4 Å². The molecule has 1 saturated heterocycles.